The Labute approximate surface area is 113 Å². The van der Waals surface area contributed by atoms with Crippen molar-refractivity contribution in [2.24, 2.45) is 0 Å². The Hall–Kier alpha value is -1.75. The van der Waals surface area contributed by atoms with E-state index in [0.717, 1.165) is 0 Å². The van der Waals surface area contributed by atoms with Crippen LogP contribution in [0.15, 0.2) is 18.2 Å². The summed E-state index contributed by atoms with van der Waals surface area (Å²) in [5.41, 5.74) is 0.677. The van der Waals surface area contributed by atoms with Crippen LogP contribution in [0, 0.1) is 0 Å². The van der Waals surface area contributed by atoms with E-state index >= 15 is 0 Å². The molecule has 0 saturated heterocycles. The molecule has 1 aromatic carbocycles. The highest BCUT2D eigenvalue weighted by Crippen LogP contribution is 2.29. The molecular weight excluding hydrogens is 246 g/mol. The Morgan fingerprint density at radius 1 is 1.47 bits per heavy atom. The fourth-order valence-electron chi connectivity index (χ4n) is 1.65. The molecule has 2 N–H and O–H groups in total. The van der Waals surface area contributed by atoms with Crippen LogP contribution in [0.5, 0.6) is 11.5 Å². The van der Waals surface area contributed by atoms with Crippen LogP contribution in [0.1, 0.15) is 31.9 Å². The minimum atomic E-state index is -0.634. The van der Waals surface area contributed by atoms with Crippen LogP contribution in [0.25, 0.3) is 0 Å². The van der Waals surface area contributed by atoms with Crippen LogP contribution >= 0.6 is 0 Å². The molecule has 0 heterocycles. The fraction of sp³-hybridized carbons (Fsp3) is 0.500. The third kappa shape index (κ3) is 4.79. The first kappa shape index (κ1) is 15.3. The number of carbonyl (C=O) groups is 1. The quantitative estimate of drug-likeness (QED) is 0.788. The Morgan fingerprint density at radius 2 is 2.21 bits per heavy atom. The molecule has 106 valence electrons. The van der Waals surface area contributed by atoms with E-state index in [9.17, 15) is 9.90 Å². The summed E-state index contributed by atoms with van der Waals surface area (Å²) < 4.78 is 10.7. The van der Waals surface area contributed by atoms with Crippen LogP contribution in [0.4, 0.5) is 0 Å². The molecule has 0 bridgehead atoms. The highest BCUT2D eigenvalue weighted by Gasteiger charge is 2.11. The van der Waals surface area contributed by atoms with Crippen molar-refractivity contribution in [3.05, 3.63) is 23.8 Å². The van der Waals surface area contributed by atoms with Gasteiger partial charge in [-0.1, -0.05) is 0 Å². The van der Waals surface area contributed by atoms with Crippen molar-refractivity contribution < 1.29 is 19.4 Å². The Bertz CT molecular complexity index is 418. The number of hydrogen-bond acceptors (Lipinski definition) is 4. The van der Waals surface area contributed by atoms with E-state index in [1.807, 2.05) is 6.92 Å². The van der Waals surface area contributed by atoms with E-state index in [2.05, 4.69) is 5.32 Å². The van der Waals surface area contributed by atoms with Crippen LogP contribution < -0.4 is 14.8 Å². The number of benzene rings is 1. The van der Waals surface area contributed by atoms with Gasteiger partial charge in [-0.3, -0.25) is 4.79 Å². The number of rotatable bonds is 7. The molecule has 0 aliphatic carbocycles. The summed E-state index contributed by atoms with van der Waals surface area (Å²) in [5, 5.41) is 12.4. The fourth-order valence-corrected chi connectivity index (χ4v) is 1.65. The summed E-state index contributed by atoms with van der Waals surface area (Å²) in [5.74, 6) is 1.14. The summed E-state index contributed by atoms with van der Waals surface area (Å²) in [4.78, 5) is 11.3. The lowest BCUT2D eigenvalue weighted by Crippen LogP contribution is -2.24. The number of carbonyl (C=O) groups excluding carboxylic acids is 1. The van der Waals surface area contributed by atoms with E-state index < -0.39 is 6.10 Å². The minimum Gasteiger partial charge on any atom is -0.497 e. The van der Waals surface area contributed by atoms with Crippen molar-refractivity contribution in [3.63, 3.8) is 0 Å². The molecule has 1 atom stereocenters. The van der Waals surface area contributed by atoms with Crippen molar-refractivity contribution in [2.45, 2.75) is 26.4 Å². The number of hydrogen-bond donors (Lipinski definition) is 2. The SMILES string of the molecule is CCNC(=O)CCOc1cc(OC)ccc1[C@@H](C)O. The lowest BCUT2D eigenvalue weighted by molar-refractivity contribution is -0.121. The van der Waals surface area contributed by atoms with Crippen LogP contribution in [0.2, 0.25) is 0 Å². The van der Waals surface area contributed by atoms with Gasteiger partial charge >= 0.3 is 0 Å². The summed E-state index contributed by atoms with van der Waals surface area (Å²) in [6.45, 7) is 4.40. The summed E-state index contributed by atoms with van der Waals surface area (Å²) in [7, 11) is 1.57. The summed E-state index contributed by atoms with van der Waals surface area (Å²) in [6.07, 6.45) is -0.352. The number of nitrogens with one attached hydrogen (secondary N) is 1. The molecule has 0 aliphatic rings. The smallest absolute Gasteiger partial charge is 0.223 e. The van der Waals surface area contributed by atoms with Crippen LogP contribution in [-0.2, 0) is 4.79 Å². The first-order chi connectivity index (χ1) is 9.08. The lowest BCUT2D eigenvalue weighted by Gasteiger charge is -2.14. The molecule has 0 aromatic heterocycles. The van der Waals surface area contributed by atoms with E-state index in [4.69, 9.17) is 9.47 Å². The molecule has 0 saturated carbocycles. The molecule has 1 aromatic rings. The van der Waals surface area contributed by atoms with Crippen molar-refractivity contribution in [1.82, 2.24) is 5.32 Å². The van der Waals surface area contributed by atoms with Gasteiger partial charge in [0.25, 0.3) is 0 Å². The standard InChI is InChI=1S/C14H21NO4/c1-4-15-14(17)7-8-19-13-9-11(18-3)5-6-12(13)10(2)16/h5-6,9-10,16H,4,7-8H2,1-3H3,(H,15,17)/t10-/m1/s1. The molecular formula is C14H21NO4. The number of methoxy groups -OCH3 is 1. The van der Waals surface area contributed by atoms with Crippen molar-refractivity contribution >= 4 is 5.91 Å². The molecule has 0 aliphatic heterocycles. The largest absolute Gasteiger partial charge is 0.497 e. The molecule has 1 rings (SSSR count). The average molecular weight is 267 g/mol. The van der Waals surface area contributed by atoms with Crippen LogP contribution in [-0.4, -0.2) is 31.3 Å². The van der Waals surface area contributed by atoms with Gasteiger partial charge in [0.05, 0.1) is 26.2 Å². The zero-order valence-electron chi connectivity index (χ0n) is 11.6. The van der Waals surface area contributed by atoms with Gasteiger partial charge < -0.3 is 19.9 Å². The molecule has 5 heteroatoms. The minimum absolute atomic E-state index is 0.0519. The molecule has 5 nitrogen and oxygen atoms in total. The average Bonchev–Trinajstić information content (AvgIpc) is 2.38. The first-order valence-corrected chi connectivity index (χ1v) is 6.34. The third-order valence-corrected chi connectivity index (χ3v) is 2.63. The van der Waals surface area contributed by atoms with Gasteiger partial charge in [-0.2, -0.15) is 0 Å². The molecule has 0 fully saturated rings. The number of amides is 1. The maximum absolute atomic E-state index is 11.3. The predicted octanol–water partition coefficient (Wildman–Crippen LogP) is 1.65. The van der Waals surface area contributed by atoms with Crippen molar-refractivity contribution in [2.75, 3.05) is 20.3 Å². The predicted molar refractivity (Wildman–Crippen MR) is 72.4 cm³/mol. The van der Waals surface area contributed by atoms with Crippen molar-refractivity contribution in [1.29, 1.82) is 0 Å². The lowest BCUT2D eigenvalue weighted by atomic mass is 10.1. The molecule has 19 heavy (non-hydrogen) atoms. The van der Waals surface area contributed by atoms with Crippen molar-refractivity contribution in [3.8, 4) is 11.5 Å². The van der Waals surface area contributed by atoms with Gasteiger partial charge in [0.15, 0.2) is 0 Å². The summed E-state index contributed by atoms with van der Waals surface area (Å²) >= 11 is 0. The molecule has 0 unspecified atom stereocenters. The van der Waals surface area contributed by atoms with E-state index in [1.165, 1.54) is 0 Å². The van der Waals surface area contributed by atoms with Crippen LogP contribution in [0.3, 0.4) is 0 Å². The maximum atomic E-state index is 11.3. The monoisotopic (exact) mass is 267 g/mol. The van der Waals surface area contributed by atoms with E-state index in [1.54, 1.807) is 32.2 Å². The maximum Gasteiger partial charge on any atom is 0.223 e. The topological polar surface area (TPSA) is 67.8 Å². The highest BCUT2D eigenvalue weighted by atomic mass is 16.5. The first-order valence-electron chi connectivity index (χ1n) is 6.34. The second-order valence-electron chi connectivity index (χ2n) is 4.13. The van der Waals surface area contributed by atoms with Gasteiger partial charge in [-0.05, 0) is 26.0 Å². The second kappa shape index (κ2) is 7.63. The zero-order valence-corrected chi connectivity index (χ0v) is 11.6. The van der Waals surface area contributed by atoms with Gasteiger partial charge in [0.1, 0.15) is 11.5 Å². The van der Waals surface area contributed by atoms with Gasteiger partial charge in [0.2, 0.25) is 5.91 Å². The third-order valence-electron chi connectivity index (χ3n) is 2.63. The van der Waals surface area contributed by atoms with Gasteiger partial charge in [-0.15, -0.1) is 0 Å². The molecule has 0 spiro atoms. The number of ether oxygens (including phenoxy) is 2. The van der Waals surface area contributed by atoms with Gasteiger partial charge in [0, 0.05) is 18.2 Å². The highest BCUT2D eigenvalue weighted by molar-refractivity contribution is 5.75. The number of aliphatic hydroxyl groups is 1. The van der Waals surface area contributed by atoms with E-state index in [-0.39, 0.29) is 18.9 Å². The van der Waals surface area contributed by atoms with Gasteiger partial charge in [-0.25, -0.2) is 0 Å². The molecule has 1 amide bonds. The normalized spacial score (nSPS) is 11.8. The Balaban J connectivity index is 2.67. The Kier molecular flexibility index (Phi) is 6.15. The zero-order chi connectivity index (χ0) is 14.3. The van der Waals surface area contributed by atoms with E-state index in [0.29, 0.717) is 23.6 Å². The Morgan fingerprint density at radius 3 is 2.79 bits per heavy atom. The number of aliphatic hydroxyl groups excluding tert-OH is 1. The molecule has 0 radical (unpaired) electrons. The second-order valence-corrected chi connectivity index (χ2v) is 4.13. The summed E-state index contributed by atoms with van der Waals surface area (Å²) in [6, 6.07) is 5.23.